The van der Waals surface area contributed by atoms with Crippen molar-refractivity contribution in [3.63, 3.8) is 0 Å². The zero-order valence-corrected chi connectivity index (χ0v) is 15.0. The van der Waals surface area contributed by atoms with E-state index in [1.54, 1.807) is 12.1 Å². The Hall–Kier alpha value is -2.14. The highest BCUT2D eigenvalue weighted by Gasteiger charge is 2.29. The van der Waals surface area contributed by atoms with Gasteiger partial charge in [0.2, 0.25) is 5.91 Å². The third kappa shape index (κ3) is 4.23. The zero-order chi connectivity index (χ0) is 17.1. The minimum Gasteiger partial charge on any atom is -0.352 e. The van der Waals surface area contributed by atoms with Crippen molar-refractivity contribution in [2.24, 2.45) is 5.92 Å². The molecule has 2 amide bonds. The van der Waals surface area contributed by atoms with Crippen molar-refractivity contribution in [3.05, 3.63) is 63.6 Å². The highest BCUT2D eigenvalue weighted by molar-refractivity contribution is 9.10. The maximum Gasteiger partial charge on any atom is 0.255 e. The van der Waals surface area contributed by atoms with Gasteiger partial charge in [0.05, 0.1) is 0 Å². The van der Waals surface area contributed by atoms with Gasteiger partial charge in [-0.1, -0.05) is 28.1 Å². The van der Waals surface area contributed by atoms with Crippen LogP contribution in [-0.2, 0) is 11.3 Å². The second-order valence-electron chi connectivity index (χ2n) is 6.11. The quantitative estimate of drug-likeness (QED) is 0.814. The SMILES string of the molecule is Cc1cc(NC(=O)c2ccc(CNC(=O)C3CC3)cc2)ccc1Br. The molecule has 0 bridgehead atoms. The molecule has 24 heavy (non-hydrogen) atoms. The summed E-state index contributed by atoms with van der Waals surface area (Å²) in [5, 5.41) is 5.81. The van der Waals surface area contributed by atoms with E-state index in [0.29, 0.717) is 12.1 Å². The number of hydrogen-bond donors (Lipinski definition) is 2. The van der Waals surface area contributed by atoms with Gasteiger partial charge < -0.3 is 10.6 Å². The van der Waals surface area contributed by atoms with Gasteiger partial charge in [0.15, 0.2) is 0 Å². The van der Waals surface area contributed by atoms with E-state index in [2.05, 4.69) is 26.6 Å². The number of nitrogens with one attached hydrogen (secondary N) is 2. The molecule has 124 valence electrons. The summed E-state index contributed by atoms with van der Waals surface area (Å²) < 4.78 is 1.01. The maximum atomic E-state index is 12.3. The Morgan fingerprint density at radius 3 is 2.46 bits per heavy atom. The summed E-state index contributed by atoms with van der Waals surface area (Å²) in [5.41, 5.74) is 3.41. The number of rotatable bonds is 5. The average molecular weight is 387 g/mol. The molecule has 5 heteroatoms. The van der Waals surface area contributed by atoms with Gasteiger partial charge in [-0.05, 0) is 61.2 Å². The molecule has 1 aliphatic rings. The van der Waals surface area contributed by atoms with Gasteiger partial charge in [-0.2, -0.15) is 0 Å². The number of hydrogen-bond acceptors (Lipinski definition) is 2. The average Bonchev–Trinajstić information content (AvgIpc) is 3.41. The van der Waals surface area contributed by atoms with Gasteiger partial charge in [-0.25, -0.2) is 0 Å². The largest absolute Gasteiger partial charge is 0.352 e. The number of amides is 2. The van der Waals surface area contributed by atoms with Gasteiger partial charge >= 0.3 is 0 Å². The number of benzene rings is 2. The van der Waals surface area contributed by atoms with Crippen LogP contribution in [-0.4, -0.2) is 11.8 Å². The van der Waals surface area contributed by atoms with Crippen LogP contribution in [0.1, 0.15) is 34.3 Å². The summed E-state index contributed by atoms with van der Waals surface area (Å²) in [7, 11) is 0. The minimum absolute atomic E-state index is 0.127. The summed E-state index contributed by atoms with van der Waals surface area (Å²) in [6.45, 7) is 2.48. The molecule has 2 aromatic carbocycles. The van der Waals surface area contributed by atoms with E-state index in [9.17, 15) is 9.59 Å². The van der Waals surface area contributed by atoms with Gasteiger partial charge in [-0.3, -0.25) is 9.59 Å². The molecule has 0 heterocycles. The van der Waals surface area contributed by atoms with Crippen LogP contribution < -0.4 is 10.6 Å². The van der Waals surface area contributed by atoms with E-state index in [-0.39, 0.29) is 17.7 Å². The number of carbonyl (C=O) groups excluding carboxylic acids is 2. The van der Waals surface area contributed by atoms with Crippen LogP contribution in [0.15, 0.2) is 46.9 Å². The molecule has 1 fully saturated rings. The highest BCUT2D eigenvalue weighted by Crippen LogP contribution is 2.28. The standard InChI is InChI=1S/C19H19BrN2O2/c1-12-10-16(8-9-17(12)20)22-19(24)15-4-2-13(3-5-15)11-21-18(23)14-6-7-14/h2-5,8-10,14H,6-7,11H2,1H3,(H,21,23)(H,22,24). The topological polar surface area (TPSA) is 58.2 Å². The molecule has 2 N–H and O–H groups in total. The summed E-state index contributed by atoms with van der Waals surface area (Å²) in [6.07, 6.45) is 2.00. The van der Waals surface area contributed by atoms with Crippen LogP contribution >= 0.6 is 15.9 Å². The van der Waals surface area contributed by atoms with Crippen LogP contribution in [0.25, 0.3) is 0 Å². The predicted octanol–water partition coefficient (Wildman–Crippen LogP) is 4.04. The first-order valence-corrected chi connectivity index (χ1v) is 8.76. The van der Waals surface area contributed by atoms with Crippen molar-refractivity contribution in [1.29, 1.82) is 0 Å². The first kappa shape index (κ1) is 16.7. The van der Waals surface area contributed by atoms with Gasteiger partial charge in [0.25, 0.3) is 5.91 Å². The first-order valence-electron chi connectivity index (χ1n) is 7.97. The molecule has 1 saturated carbocycles. The Labute approximate surface area is 149 Å². The number of aryl methyl sites for hydroxylation is 1. The molecule has 1 aliphatic carbocycles. The second-order valence-corrected chi connectivity index (χ2v) is 6.96. The van der Waals surface area contributed by atoms with Crippen molar-refractivity contribution in [2.75, 3.05) is 5.32 Å². The summed E-state index contributed by atoms with van der Waals surface area (Å²) >= 11 is 3.44. The number of anilines is 1. The third-order valence-electron chi connectivity index (χ3n) is 4.05. The van der Waals surface area contributed by atoms with E-state index in [1.165, 1.54) is 0 Å². The first-order chi connectivity index (χ1) is 11.5. The Balaban J connectivity index is 1.58. The van der Waals surface area contributed by atoms with Crippen LogP contribution in [0, 0.1) is 12.8 Å². The van der Waals surface area contributed by atoms with E-state index >= 15 is 0 Å². The molecule has 0 spiro atoms. The van der Waals surface area contributed by atoms with E-state index in [1.807, 2.05) is 37.3 Å². The summed E-state index contributed by atoms with van der Waals surface area (Å²) in [5.74, 6) is 0.192. The van der Waals surface area contributed by atoms with Gasteiger partial charge in [0.1, 0.15) is 0 Å². The van der Waals surface area contributed by atoms with Crippen LogP contribution in [0.2, 0.25) is 0 Å². The lowest BCUT2D eigenvalue weighted by Gasteiger charge is -2.08. The smallest absolute Gasteiger partial charge is 0.255 e. The Bertz CT molecular complexity index is 767. The van der Waals surface area contributed by atoms with E-state index < -0.39 is 0 Å². The molecule has 4 nitrogen and oxygen atoms in total. The van der Waals surface area contributed by atoms with Crippen molar-refractivity contribution in [1.82, 2.24) is 5.32 Å². The van der Waals surface area contributed by atoms with Crippen molar-refractivity contribution < 1.29 is 9.59 Å². The molecule has 0 aromatic heterocycles. The lowest BCUT2D eigenvalue weighted by molar-refractivity contribution is -0.122. The lowest BCUT2D eigenvalue weighted by atomic mass is 10.1. The van der Waals surface area contributed by atoms with Gasteiger partial charge in [0, 0.05) is 28.2 Å². The molecular weight excluding hydrogens is 368 g/mol. The third-order valence-corrected chi connectivity index (χ3v) is 4.94. The van der Waals surface area contributed by atoms with Crippen LogP contribution in [0.5, 0.6) is 0 Å². The molecule has 0 aliphatic heterocycles. The minimum atomic E-state index is -0.148. The Morgan fingerprint density at radius 2 is 1.83 bits per heavy atom. The fourth-order valence-electron chi connectivity index (χ4n) is 2.38. The Kier molecular flexibility index (Phi) is 5.00. The van der Waals surface area contributed by atoms with Crippen molar-refractivity contribution >= 4 is 33.4 Å². The van der Waals surface area contributed by atoms with Crippen LogP contribution in [0.3, 0.4) is 0 Å². The molecule has 3 rings (SSSR count). The summed E-state index contributed by atoms with van der Waals surface area (Å²) in [6, 6.07) is 13.0. The molecule has 2 aromatic rings. The molecule has 0 unspecified atom stereocenters. The van der Waals surface area contributed by atoms with Crippen molar-refractivity contribution in [3.8, 4) is 0 Å². The van der Waals surface area contributed by atoms with E-state index in [0.717, 1.165) is 34.1 Å². The lowest BCUT2D eigenvalue weighted by Crippen LogP contribution is -2.24. The van der Waals surface area contributed by atoms with Crippen LogP contribution in [0.4, 0.5) is 5.69 Å². The Morgan fingerprint density at radius 1 is 1.12 bits per heavy atom. The fraction of sp³-hybridized carbons (Fsp3) is 0.263. The number of halogens is 1. The van der Waals surface area contributed by atoms with Gasteiger partial charge in [-0.15, -0.1) is 0 Å². The summed E-state index contributed by atoms with van der Waals surface area (Å²) in [4.78, 5) is 23.9. The molecule has 0 radical (unpaired) electrons. The van der Waals surface area contributed by atoms with E-state index in [4.69, 9.17) is 0 Å². The predicted molar refractivity (Wildman–Crippen MR) is 97.8 cm³/mol. The molecule has 0 saturated heterocycles. The second kappa shape index (κ2) is 7.18. The zero-order valence-electron chi connectivity index (χ0n) is 13.4. The van der Waals surface area contributed by atoms with Crippen molar-refractivity contribution in [2.45, 2.75) is 26.3 Å². The maximum absolute atomic E-state index is 12.3. The fourth-order valence-corrected chi connectivity index (χ4v) is 2.63. The normalized spacial score (nSPS) is 13.4. The monoisotopic (exact) mass is 386 g/mol. The molecular formula is C19H19BrN2O2. The highest BCUT2D eigenvalue weighted by atomic mass is 79.9. The number of carbonyl (C=O) groups is 2. The molecule has 0 atom stereocenters.